The summed E-state index contributed by atoms with van der Waals surface area (Å²) in [4.78, 5) is 2.33. The molecule has 0 spiro atoms. The Morgan fingerprint density at radius 1 is 1.17 bits per heavy atom. The zero-order chi connectivity index (χ0) is 20.9. The van der Waals surface area contributed by atoms with Crippen LogP contribution in [0.5, 0.6) is 11.5 Å². The van der Waals surface area contributed by atoms with Crippen molar-refractivity contribution in [3.05, 3.63) is 54.3 Å². The molecule has 1 aliphatic rings. The third-order valence-corrected chi connectivity index (χ3v) is 6.56. The fraction of sp³-hybridized carbons (Fsp3) is 0.429. The van der Waals surface area contributed by atoms with E-state index in [4.69, 9.17) is 9.47 Å². The number of nitrogens with zero attached hydrogens (tertiary/aromatic N) is 1. The smallest absolute Gasteiger partial charge is 0.240 e. The van der Waals surface area contributed by atoms with Gasteiger partial charge in [-0.3, -0.25) is 4.90 Å². The number of hydrogen-bond acceptors (Lipinski definition) is 5. The summed E-state index contributed by atoms with van der Waals surface area (Å²) in [5.41, 5.74) is 0. The van der Waals surface area contributed by atoms with Gasteiger partial charge >= 0.3 is 0 Å². The maximum Gasteiger partial charge on any atom is 0.240 e. The maximum absolute atomic E-state index is 13.0. The van der Waals surface area contributed by atoms with Gasteiger partial charge in [-0.1, -0.05) is 12.1 Å². The second-order valence-electron chi connectivity index (χ2n) is 7.24. The lowest BCUT2D eigenvalue weighted by atomic mass is 10.2. The lowest BCUT2D eigenvalue weighted by Crippen LogP contribution is -2.36. The van der Waals surface area contributed by atoms with Gasteiger partial charge in [-0.2, -0.15) is 0 Å². The van der Waals surface area contributed by atoms with E-state index in [9.17, 15) is 12.8 Å². The number of methoxy groups -OCH3 is 1. The molecule has 0 aliphatic carbocycles. The van der Waals surface area contributed by atoms with Crippen molar-refractivity contribution in [2.45, 2.75) is 36.8 Å². The zero-order valence-electron chi connectivity index (χ0n) is 16.7. The third kappa shape index (κ3) is 5.91. The Kier molecular flexibility index (Phi) is 7.10. The Labute approximate surface area is 171 Å². The Bertz CT molecular complexity index is 905. The van der Waals surface area contributed by atoms with Gasteiger partial charge in [0.1, 0.15) is 11.9 Å². The van der Waals surface area contributed by atoms with E-state index in [0.717, 1.165) is 49.7 Å². The molecule has 0 radical (unpaired) electrons. The normalized spacial score (nSPS) is 18.5. The fourth-order valence-corrected chi connectivity index (χ4v) is 4.65. The largest absolute Gasteiger partial charge is 0.493 e. The minimum Gasteiger partial charge on any atom is -0.493 e. The number of benzene rings is 2. The van der Waals surface area contributed by atoms with E-state index in [0.29, 0.717) is 6.42 Å². The minimum absolute atomic E-state index is 0.0668. The van der Waals surface area contributed by atoms with E-state index in [1.165, 1.54) is 12.1 Å². The summed E-state index contributed by atoms with van der Waals surface area (Å²) in [5, 5.41) is 0. The van der Waals surface area contributed by atoms with Crippen molar-refractivity contribution in [2.24, 2.45) is 0 Å². The molecule has 1 aliphatic heterocycles. The molecule has 2 aromatic carbocycles. The molecule has 6 nitrogen and oxygen atoms in total. The molecule has 1 N–H and O–H groups in total. The SMILES string of the molecule is COc1ccccc1OC1CCN(CCC(C)NS(=O)(=O)c2ccc(F)cc2)C1. The first kappa shape index (κ1) is 21.5. The van der Waals surface area contributed by atoms with Crippen molar-refractivity contribution in [3.63, 3.8) is 0 Å². The van der Waals surface area contributed by atoms with Gasteiger partial charge in [0.05, 0.1) is 12.0 Å². The minimum atomic E-state index is -3.65. The van der Waals surface area contributed by atoms with E-state index in [2.05, 4.69) is 9.62 Å². The van der Waals surface area contributed by atoms with Crippen LogP contribution in [0.1, 0.15) is 19.8 Å². The van der Waals surface area contributed by atoms with Crippen molar-refractivity contribution in [1.82, 2.24) is 9.62 Å². The van der Waals surface area contributed by atoms with Crippen LogP contribution < -0.4 is 14.2 Å². The standard InChI is InChI=1S/C21H27FN2O4S/c1-16(23-29(25,26)19-9-7-17(22)8-10-19)11-13-24-14-12-18(15-24)28-21-6-4-3-5-20(21)27-2/h3-10,16,18,23H,11-15H2,1-2H3. The summed E-state index contributed by atoms with van der Waals surface area (Å²) in [5.74, 6) is 0.993. The number of hydrogen-bond donors (Lipinski definition) is 1. The van der Waals surface area contributed by atoms with Crippen molar-refractivity contribution in [3.8, 4) is 11.5 Å². The quantitative estimate of drug-likeness (QED) is 0.673. The summed E-state index contributed by atoms with van der Waals surface area (Å²) in [6.45, 7) is 4.28. The lowest BCUT2D eigenvalue weighted by Gasteiger charge is -2.20. The van der Waals surface area contributed by atoms with Crippen molar-refractivity contribution in [2.75, 3.05) is 26.7 Å². The first-order valence-corrected chi connectivity index (χ1v) is 11.2. The zero-order valence-corrected chi connectivity index (χ0v) is 17.5. The molecule has 29 heavy (non-hydrogen) atoms. The molecule has 3 rings (SSSR count). The van der Waals surface area contributed by atoms with Crippen LogP contribution in [-0.4, -0.2) is 52.2 Å². The number of sulfonamides is 1. The van der Waals surface area contributed by atoms with Crippen LogP contribution in [-0.2, 0) is 10.0 Å². The number of likely N-dealkylation sites (tertiary alicyclic amines) is 1. The topological polar surface area (TPSA) is 67.9 Å². The lowest BCUT2D eigenvalue weighted by molar-refractivity contribution is 0.191. The molecule has 1 fully saturated rings. The molecule has 2 unspecified atom stereocenters. The predicted octanol–water partition coefficient (Wildman–Crippen LogP) is 3.04. The molecule has 2 aromatic rings. The fourth-order valence-electron chi connectivity index (χ4n) is 3.37. The highest BCUT2D eigenvalue weighted by molar-refractivity contribution is 7.89. The molecule has 0 aromatic heterocycles. The Morgan fingerprint density at radius 3 is 2.55 bits per heavy atom. The summed E-state index contributed by atoms with van der Waals surface area (Å²) in [6.07, 6.45) is 1.66. The number of para-hydroxylation sites is 2. The number of nitrogens with one attached hydrogen (secondary N) is 1. The molecule has 1 saturated heterocycles. The highest BCUT2D eigenvalue weighted by Crippen LogP contribution is 2.28. The summed E-state index contributed by atoms with van der Waals surface area (Å²) in [6, 6.07) is 12.2. The molecule has 2 atom stereocenters. The van der Waals surface area contributed by atoms with E-state index >= 15 is 0 Å². The average molecular weight is 423 g/mol. The van der Waals surface area contributed by atoms with Gasteiger partial charge in [0.2, 0.25) is 10.0 Å². The average Bonchev–Trinajstić information content (AvgIpc) is 3.14. The van der Waals surface area contributed by atoms with Gasteiger partial charge in [0.15, 0.2) is 11.5 Å². The highest BCUT2D eigenvalue weighted by Gasteiger charge is 2.25. The van der Waals surface area contributed by atoms with E-state index < -0.39 is 15.8 Å². The van der Waals surface area contributed by atoms with Crippen LogP contribution in [0.2, 0.25) is 0 Å². The predicted molar refractivity (Wildman–Crippen MR) is 109 cm³/mol. The summed E-state index contributed by atoms with van der Waals surface area (Å²) >= 11 is 0. The van der Waals surface area contributed by atoms with Crippen molar-refractivity contribution < 1.29 is 22.3 Å². The molecule has 8 heteroatoms. The van der Waals surface area contributed by atoms with Crippen LogP contribution in [0.15, 0.2) is 53.4 Å². The first-order chi connectivity index (χ1) is 13.9. The number of halogens is 1. The summed E-state index contributed by atoms with van der Waals surface area (Å²) < 4.78 is 51.8. The van der Waals surface area contributed by atoms with Gasteiger partial charge in [0, 0.05) is 19.1 Å². The van der Waals surface area contributed by atoms with E-state index in [1.54, 1.807) is 7.11 Å². The highest BCUT2D eigenvalue weighted by atomic mass is 32.2. The van der Waals surface area contributed by atoms with Gasteiger partial charge in [-0.05, 0) is 62.7 Å². The second-order valence-corrected chi connectivity index (χ2v) is 8.96. The van der Waals surface area contributed by atoms with Crippen LogP contribution in [0.3, 0.4) is 0 Å². The molecule has 158 valence electrons. The molecule has 0 bridgehead atoms. The third-order valence-electron chi connectivity index (χ3n) is 4.95. The van der Waals surface area contributed by atoms with Crippen LogP contribution in [0.4, 0.5) is 4.39 Å². The number of rotatable bonds is 9. The number of ether oxygens (including phenoxy) is 2. The van der Waals surface area contributed by atoms with Crippen molar-refractivity contribution >= 4 is 10.0 Å². The van der Waals surface area contributed by atoms with Gasteiger partial charge in [-0.25, -0.2) is 17.5 Å². The molecular formula is C21H27FN2O4S. The molecular weight excluding hydrogens is 395 g/mol. The van der Waals surface area contributed by atoms with Crippen LogP contribution >= 0.6 is 0 Å². The Morgan fingerprint density at radius 2 is 1.86 bits per heavy atom. The van der Waals surface area contributed by atoms with E-state index in [-0.39, 0.29) is 17.0 Å². The van der Waals surface area contributed by atoms with E-state index in [1.807, 2.05) is 31.2 Å². The first-order valence-electron chi connectivity index (χ1n) is 9.67. The molecule has 1 heterocycles. The van der Waals surface area contributed by atoms with Crippen LogP contribution in [0, 0.1) is 5.82 Å². The summed E-state index contributed by atoms with van der Waals surface area (Å²) in [7, 11) is -2.03. The Hall–Kier alpha value is -2.16. The van der Waals surface area contributed by atoms with Crippen molar-refractivity contribution in [1.29, 1.82) is 0 Å². The van der Waals surface area contributed by atoms with Gasteiger partial charge in [-0.15, -0.1) is 0 Å². The second kappa shape index (κ2) is 9.56. The monoisotopic (exact) mass is 422 g/mol. The molecule has 0 amide bonds. The maximum atomic E-state index is 13.0. The molecule has 0 saturated carbocycles. The van der Waals surface area contributed by atoms with Gasteiger partial charge in [0.25, 0.3) is 0 Å². The van der Waals surface area contributed by atoms with Crippen LogP contribution in [0.25, 0.3) is 0 Å². The van der Waals surface area contributed by atoms with Gasteiger partial charge < -0.3 is 9.47 Å². The Balaban J connectivity index is 1.46.